The molecule has 1 heterocycles. The largest absolute Gasteiger partial charge is 0.492 e. The molecule has 0 radical (unpaired) electrons. The maximum Gasteiger partial charge on any atom is 0.137 e. The van der Waals surface area contributed by atoms with Gasteiger partial charge in [0.25, 0.3) is 0 Å². The molecule has 0 spiro atoms. The summed E-state index contributed by atoms with van der Waals surface area (Å²) in [6.07, 6.45) is 2.25. The second kappa shape index (κ2) is 8.66. The molecule has 1 saturated heterocycles. The first-order valence-electron chi connectivity index (χ1n) is 7.90. The van der Waals surface area contributed by atoms with Crippen LogP contribution in [0.5, 0.6) is 5.75 Å². The zero-order valence-electron chi connectivity index (χ0n) is 12.9. The second-order valence-corrected chi connectivity index (χ2v) is 5.49. The number of nitriles is 1. The van der Waals surface area contributed by atoms with Gasteiger partial charge in [-0.3, -0.25) is 0 Å². The van der Waals surface area contributed by atoms with Gasteiger partial charge in [0.2, 0.25) is 0 Å². The molecular formula is C17H25N3O. The van der Waals surface area contributed by atoms with Crippen molar-refractivity contribution in [1.82, 2.24) is 9.80 Å². The van der Waals surface area contributed by atoms with Gasteiger partial charge < -0.3 is 14.5 Å². The summed E-state index contributed by atoms with van der Waals surface area (Å²) < 4.78 is 5.72. The summed E-state index contributed by atoms with van der Waals surface area (Å²) >= 11 is 0. The van der Waals surface area contributed by atoms with Crippen molar-refractivity contribution in [2.24, 2.45) is 0 Å². The van der Waals surface area contributed by atoms with Crippen LogP contribution in [0.1, 0.15) is 25.3 Å². The van der Waals surface area contributed by atoms with Gasteiger partial charge in [-0.2, -0.15) is 5.26 Å². The molecule has 0 saturated carbocycles. The quantitative estimate of drug-likeness (QED) is 0.722. The number of ether oxygens (including phenoxy) is 1. The van der Waals surface area contributed by atoms with Crippen LogP contribution in [-0.4, -0.2) is 55.7 Å². The van der Waals surface area contributed by atoms with E-state index in [9.17, 15) is 0 Å². The van der Waals surface area contributed by atoms with Gasteiger partial charge in [0, 0.05) is 32.7 Å². The highest BCUT2D eigenvalue weighted by atomic mass is 16.5. The number of para-hydroxylation sites is 1. The lowest BCUT2D eigenvalue weighted by molar-refractivity contribution is 0.126. The molecule has 2 rings (SSSR count). The Morgan fingerprint density at radius 1 is 1.10 bits per heavy atom. The molecule has 0 amide bonds. The van der Waals surface area contributed by atoms with E-state index >= 15 is 0 Å². The third-order valence-corrected chi connectivity index (χ3v) is 3.89. The molecule has 1 aromatic rings. The molecule has 0 aliphatic carbocycles. The van der Waals surface area contributed by atoms with Crippen LogP contribution in [0.3, 0.4) is 0 Å². The second-order valence-electron chi connectivity index (χ2n) is 5.49. The fourth-order valence-electron chi connectivity index (χ4n) is 2.71. The van der Waals surface area contributed by atoms with E-state index < -0.39 is 0 Å². The number of hydrogen-bond acceptors (Lipinski definition) is 4. The third-order valence-electron chi connectivity index (χ3n) is 3.89. The van der Waals surface area contributed by atoms with Crippen LogP contribution in [-0.2, 0) is 0 Å². The normalized spacial score (nSPS) is 16.6. The number of benzene rings is 1. The first-order chi connectivity index (χ1) is 10.3. The Kier molecular flexibility index (Phi) is 6.52. The zero-order valence-corrected chi connectivity index (χ0v) is 12.9. The van der Waals surface area contributed by atoms with Crippen LogP contribution in [0, 0.1) is 11.3 Å². The van der Waals surface area contributed by atoms with Gasteiger partial charge in [0.05, 0.1) is 12.2 Å². The van der Waals surface area contributed by atoms with Crippen molar-refractivity contribution in [2.45, 2.75) is 19.8 Å². The molecule has 0 aromatic heterocycles. The maximum absolute atomic E-state index is 9.00. The van der Waals surface area contributed by atoms with Gasteiger partial charge in [-0.05, 0) is 31.5 Å². The molecule has 0 bridgehead atoms. The average molecular weight is 287 g/mol. The summed E-state index contributed by atoms with van der Waals surface area (Å²) in [6, 6.07) is 9.59. The molecular weight excluding hydrogens is 262 g/mol. The summed E-state index contributed by atoms with van der Waals surface area (Å²) in [4.78, 5) is 5.04. The predicted octanol–water partition coefficient (Wildman–Crippen LogP) is 2.35. The molecule has 0 atom stereocenters. The minimum Gasteiger partial charge on any atom is -0.492 e. The Labute approximate surface area is 127 Å². The van der Waals surface area contributed by atoms with Crippen LogP contribution in [0.15, 0.2) is 24.3 Å². The van der Waals surface area contributed by atoms with Crippen LogP contribution in [0.4, 0.5) is 0 Å². The van der Waals surface area contributed by atoms with E-state index in [1.54, 1.807) is 6.07 Å². The molecule has 1 aromatic carbocycles. The van der Waals surface area contributed by atoms with E-state index in [2.05, 4.69) is 22.8 Å². The van der Waals surface area contributed by atoms with E-state index in [1.165, 1.54) is 26.1 Å². The first-order valence-corrected chi connectivity index (χ1v) is 7.90. The molecule has 0 unspecified atom stereocenters. The van der Waals surface area contributed by atoms with Gasteiger partial charge in [0.15, 0.2) is 0 Å². The standard InChI is InChI=1S/C17H25N3O/c1-2-8-19-10-12-20(13-11-19)9-5-14-21-17-7-4-3-6-16(17)15-18/h3-4,6-7H,2,5,8-14H2,1H3. The first kappa shape index (κ1) is 15.8. The van der Waals surface area contributed by atoms with E-state index in [-0.39, 0.29) is 0 Å². The van der Waals surface area contributed by atoms with Gasteiger partial charge in [0.1, 0.15) is 11.8 Å². The summed E-state index contributed by atoms with van der Waals surface area (Å²) in [7, 11) is 0. The summed E-state index contributed by atoms with van der Waals surface area (Å²) in [5, 5.41) is 9.00. The number of nitrogens with zero attached hydrogens (tertiary/aromatic N) is 3. The molecule has 4 heteroatoms. The molecule has 114 valence electrons. The van der Waals surface area contributed by atoms with Crippen molar-refractivity contribution >= 4 is 0 Å². The smallest absolute Gasteiger partial charge is 0.137 e. The van der Waals surface area contributed by atoms with Gasteiger partial charge in [-0.1, -0.05) is 19.1 Å². The Hall–Kier alpha value is -1.57. The minimum atomic E-state index is 0.616. The SMILES string of the molecule is CCCN1CCN(CCCOc2ccccc2C#N)CC1. The fourth-order valence-corrected chi connectivity index (χ4v) is 2.71. The molecule has 21 heavy (non-hydrogen) atoms. The van der Waals surface area contributed by atoms with Crippen molar-refractivity contribution in [2.75, 3.05) is 45.9 Å². The van der Waals surface area contributed by atoms with Crippen LogP contribution >= 0.6 is 0 Å². The van der Waals surface area contributed by atoms with E-state index in [0.717, 1.165) is 26.1 Å². The van der Waals surface area contributed by atoms with Gasteiger partial charge >= 0.3 is 0 Å². The molecule has 0 N–H and O–H groups in total. The lowest BCUT2D eigenvalue weighted by Crippen LogP contribution is -2.46. The topological polar surface area (TPSA) is 39.5 Å². The molecule has 4 nitrogen and oxygen atoms in total. The predicted molar refractivity (Wildman–Crippen MR) is 84.4 cm³/mol. The molecule has 1 fully saturated rings. The van der Waals surface area contributed by atoms with Crippen molar-refractivity contribution in [3.8, 4) is 11.8 Å². The Bertz CT molecular complexity index is 461. The number of piperazine rings is 1. The van der Waals surface area contributed by atoms with E-state index in [4.69, 9.17) is 10.00 Å². The van der Waals surface area contributed by atoms with E-state index in [1.807, 2.05) is 18.2 Å². The van der Waals surface area contributed by atoms with Gasteiger partial charge in [-0.25, -0.2) is 0 Å². The van der Waals surface area contributed by atoms with Crippen molar-refractivity contribution in [3.05, 3.63) is 29.8 Å². The fraction of sp³-hybridized carbons (Fsp3) is 0.588. The molecule has 1 aliphatic rings. The highest BCUT2D eigenvalue weighted by Crippen LogP contribution is 2.16. The van der Waals surface area contributed by atoms with Gasteiger partial charge in [-0.15, -0.1) is 0 Å². The van der Waals surface area contributed by atoms with Crippen molar-refractivity contribution < 1.29 is 4.74 Å². The Balaban J connectivity index is 1.63. The van der Waals surface area contributed by atoms with E-state index in [0.29, 0.717) is 17.9 Å². The number of hydrogen-bond donors (Lipinski definition) is 0. The Morgan fingerprint density at radius 3 is 2.43 bits per heavy atom. The highest BCUT2D eigenvalue weighted by molar-refractivity contribution is 5.42. The summed E-state index contributed by atoms with van der Waals surface area (Å²) in [6.45, 7) is 9.91. The monoisotopic (exact) mass is 287 g/mol. The van der Waals surface area contributed by atoms with Crippen molar-refractivity contribution in [3.63, 3.8) is 0 Å². The lowest BCUT2D eigenvalue weighted by Gasteiger charge is -2.34. The maximum atomic E-state index is 9.00. The summed E-state index contributed by atoms with van der Waals surface area (Å²) in [5.41, 5.74) is 0.616. The Morgan fingerprint density at radius 2 is 1.76 bits per heavy atom. The third kappa shape index (κ3) is 5.04. The number of rotatable bonds is 7. The lowest BCUT2D eigenvalue weighted by atomic mass is 10.2. The zero-order chi connectivity index (χ0) is 14.9. The average Bonchev–Trinajstić information content (AvgIpc) is 2.54. The summed E-state index contributed by atoms with van der Waals surface area (Å²) in [5.74, 6) is 0.702. The minimum absolute atomic E-state index is 0.616. The molecule has 1 aliphatic heterocycles. The van der Waals surface area contributed by atoms with Crippen LogP contribution < -0.4 is 4.74 Å². The highest BCUT2D eigenvalue weighted by Gasteiger charge is 2.15. The van der Waals surface area contributed by atoms with Crippen LogP contribution in [0.25, 0.3) is 0 Å². The van der Waals surface area contributed by atoms with Crippen molar-refractivity contribution in [1.29, 1.82) is 5.26 Å². The van der Waals surface area contributed by atoms with Crippen LogP contribution in [0.2, 0.25) is 0 Å².